The van der Waals surface area contributed by atoms with Crippen molar-refractivity contribution in [1.29, 1.82) is 0 Å². The lowest BCUT2D eigenvalue weighted by atomic mass is 9.77. The second-order valence-electron chi connectivity index (χ2n) is 7.33. The van der Waals surface area contributed by atoms with Crippen molar-refractivity contribution in [2.75, 3.05) is 0 Å². The van der Waals surface area contributed by atoms with E-state index in [2.05, 4.69) is 17.7 Å². The van der Waals surface area contributed by atoms with Gasteiger partial charge >= 0.3 is 11.9 Å². The molecule has 1 saturated carbocycles. The van der Waals surface area contributed by atoms with Crippen LogP contribution in [0.5, 0.6) is 0 Å². The van der Waals surface area contributed by atoms with Crippen LogP contribution in [0.2, 0.25) is 0 Å². The number of imide groups is 1. The van der Waals surface area contributed by atoms with Crippen LogP contribution < -0.4 is 10.7 Å². The van der Waals surface area contributed by atoms with E-state index in [9.17, 15) is 14.4 Å². The van der Waals surface area contributed by atoms with E-state index in [1.807, 2.05) is 18.2 Å². The predicted octanol–water partition coefficient (Wildman–Crippen LogP) is 2.89. The zero-order valence-corrected chi connectivity index (χ0v) is 14.8. The fourth-order valence-corrected chi connectivity index (χ4v) is 3.86. The number of rotatable bonds is 2. The van der Waals surface area contributed by atoms with Crippen molar-refractivity contribution in [1.82, 2.24) is 15.8 Å². The molecule has 7 nitrogen and oxygen atoms in total. The quantitative estimate of drug-likeness (QED) is 0.810. The molecule has 1 aliphatic heterocycles. The highest BCUT2D eigenvalue weighted by Gasteiger charge is 2.53. The number of nitrogens with zero attached hydrogens (tertiary/aromatic N) is 1. The molecule has 0 unspecified atom stereocenters. The summed E-state index contributed by atoms with van der Waals surface area (Å²) in [5.74, 6) is -0.364. The second-order valence-corrected chi connectivity index (χ2v) is 7.33. The number of aryl methyl sites for hydroxylation is 1. The molecule has 136 valence electrons. The van der Waals surface area contributed by atoms with Gasteiger partial charge in [0.15, 0.2) is 5.76 Å². The van der Waals surface area contributed by atoms with Gasteiger partial charge in [0.2, 0.25) is 0 Å². The van der Waals surface area contributed by atoms with E-state index in [4.69, 9.17) is 4.42 Å². The van der Waals surface area contributed by atoms with Gasteiger partial charge in [0.1, 0.15) is 11.1 Å². The average molecular weight is 355 g/mol. The van der Waals surface area contributed by atoms with Crippen molar-refractivity contribution in [3.63, 3.8) is 0 Å². The minimum absolute atomic E-state index is 0.102. The molecule has 0 radical (unpaired) electrons. The van der Waals surface area contributed by atoms with Crippen LogP contribution in [0.1, 0.15) is 48.7 Å². The zero-order chi connectivity index (χ0) is 18.5. The number of furan rings is 1. The van der Waals surface area contributed by atoms with Gasteiger partial charge in [0.25, 0.3) is 5.91 Å². The molecule has 7 heteroatoms. The Morgan fingerprint density at radius 2 is 1.96 bits per heavy atom. The van der Waals surface area contributed by atoms with Crippen LogP contribution >= 0.6 is 0 Å². The number of amides is 4. The summed E-state index contributed by atoms with van der Waals surface area (Å²) in [6.07, 6.45) is 2.93. The molecule has 2 N–H and O–H groups in total. The molecule has 2 heterocycles. The van der Waals surface area contributed by atoms with Crippen LogP contribution in [0.4, 0.5) is 4.79 Å². The summed E-state index contributed by atoms with van der Waals surface area (Å²) >= 11 is 0. The van der Waals surface area contributed by atoms with E-state index in [0.29, 0.717) is 29.9 Å². The second kappa shape index (κ2) is 5.86. The van der Waals surface area contributed by atoms with Crippen molar-refractivity contribution >= 4 is 28.8 Å². The van der Waals surface area contributed by atoms with Crippen LogP contribution in [0.25, 0.3) is 11.0 Å². The first kappa shape index (κ1) is 16.6. The first-order chi connectivity index (χ1) is 12.4. The SMILES string of the molecule is Cc1c(C(=O)NN2C(=O)NC3(CCC(C)CC3)C2=O)oc2ccccc12. The Bertz CT molecular complexity index is 909. The average Bonchev–Trinajstić information content (AvgIpc) is 3.08. The Morgan fingerprint density at radius 3 is 2.65 bits per heavy atom. The first-order valence-electron chi connectivity index (χ1n) is 8.87. The Morgan fingerprint density at radius 1 is 1.27 bits per heavy atom. The van der Waals surface area contributed by atoms with Gasteiger partial charge in [-0.25, -0.2) is 10.2 Å². The molecule has 2 aliphatic rings. The molecule has 1 aliphatic carbocycles. The van der Waals surface area contributed by atoms with Gasteiger partial charge in [0.05, 0.1) is 0 Å². The number of hydrogen-bond donors (Lipinski definition) is 2. The van der Waals surface area contributed by atoms with E-state index in [-0.39, 0.29) is 5.76 Å². The van der Waals surface area contributed by atoms with E-state index in [0.717, 1.165) is 23.2 Å². The normalized spacial score (nSPS) is 25.8. The van der Waals surface area contributed by atoms with E-state index in [1.165, 1.54) is 0 Å². The van der Waals surface area contributed by atoms with Crippen LogP contribution in [-0.2, 0) is 4.79 Å². The van der Waals surface area contributed by atoms with Crippen LogP contribution in [-0.4, -0.2) is 28.4 Å². The largest absolute Gasteiger partial charge is 0.451 e. The first-order valence-corrected chi connectivity index (χ1v) is 8.87. The fraction of sp³-hybridized carbons (Fsp3) is 0.421. The molecule has 2 aromatic rings. The van der Waals surface area contributed by atoms with Crippen molar-refractivity contribution in [2.24, 2.45) is 5.92 Å². The number of hydrazine groups is 1. The lowest BCUT2D eigenvalue weighted by Gasteiger charge is -2.33. The molecular formula is C19H21N3O4. The molecule has 1 aromatic heterocycles. The third kappa shape index (κ3) is 2.46. The number of urea groups is 1. The van der Waals surface area contributed by atoms with Crippen LogP contribution in [0, 0.1) is 12.8 Å². The molecule has 2 fully saturated rings. The summed E-state index contributed by atoms with van der Waals surface area (Å²) in [7, 11) is 0. The van der Waals surface area contributed by atoms with Crippen LogP contribution in [0.3, 0.4) is 0 Å². The summed E-state index contributed by atoms with van der Waals surface area (Å²) in [4.78, 5) is 37.8. The fourth-order valence-electron chi connectivity index (χ4n) is 3.86. The third-order valence-electron chi connectivity index (χ3n) is 5.55. The summed E-state index contributed by atoms with van der Waals surface area (Å²) in [5.41, 5.74) is 2.79. The number of carbonyl (C=O) groups is 3. The molecule has 0 bridgehead atoms. The van der Waals surface area contributed by atoms with Crippen LogP contribution in [0.15, 0.2) is 28.7 Å². The Balaban J connectivity index is 1.56. The predicted molar refractivity (Wildman–Crippen MR) is 94.2 cm³/mol. The Hall–Kier alpha value is -2.83. The monoisotopic (exact) mass is 355 g/mol. The molecular weight excluding hydrogens is 334 g/mol. The summed E-state index contributed by atoms with van der Waals surface area (Å²) < 4.78 is 5.61. The molecule has 1 aromatic carbocycles. The zero-order valence-electron chi connectivity index (χ0n) is 14.8. The number of benzene rings is 1. The molecule has 1 spiro atoms. The third-order valence-corrected chi connectivity index (χ3v) is 5.55. The maximum absolute atomic E-state index is 12.8. The Labute approximate surface area is 150 Å². The van der Waals surface area contributed by atoms with Gasteiger partial charge < -0.3 is 9.73 Å². The van der Waals surface area contributed by atoms with E-state index < -0.39 is 23.4 Å². The molecule has 0 atom stereocenters. The number of para-hydroxylation sites is 1. The number of carbonyl (C=O) groups excluding carboxylic acids is 3. The Kier molecular flexibility index (Phi) is 3.75. The molecule has 4 amide bonds. The van der Waals surface area contributed by atoms with Gasteiger partial charge in [-0.3, -0.25) is 9.59 Å². The number of hydrogen-bond acceptors (Lipinski definition) is 4. The molecule has 4 rings (SSSR count). The molecule has 1 saturated heterocycles. The van der Waals surface area contributed by atoms with Crippen molar-refractivity contribution < 1.29 is 18.8 Å². The lowest BCUT2D eigenvalue weighted by molar-refractivity contribution is -0.134. The van der Waals surface area contributed by atoms with Gasteiger partial charge in [-0.05, 0) is 44.6 Å². The van der Waals surface area contributed by atoms with Crippen molar-refractivity contribution in [3.8, 4) is 0 Å². The number of fused-ring (bicyclic) bond motifs is 1. The topological polar surface area (TPSA) is 91.7 Å². The molecule has 26 heavy (non-hydrogen) atoms. The standard InChI is InChI=1S/C19H21N3O4/c1-11-7-9-19(10-8-11)17(24)22(18(25)20-19)21-16(23)15-12(2)13-5-3-4-6-14(13)26-15/h3-6,11H,7-10H2,1-2H3,(H,20,25)(H,21,23). The van der Waals surface area contributed by atoms with Gasteiger partial charge in [-0.2, -0.15) is 5.01 Å². The highest BCUT2D eigenvalue weighted by molar-refractivity contribution is 6.09. The van der Waals surface area contributed by atoms with Gasteiger partial charge in [-0.15, -0.1) is 0 Å². The van der Waals surface area contributed by atoms with Gasteiger partial charge in [0, 0.05) is 10.9 Å². The lowest BCUT2D eigenvalue weighted by Crippen LogP contribution is -2.51. The summed E-state index contributed by atoms with van der Waals surface area (Å²) in [6.45, 7) is 3.91. The highest BCUT2D eigenvalue weighted by Crippen LogP contribution is 2.36. The van der Waals surface area contributed by atoms with Crippen molar-refractivity contribution in [2.45, 2.75) is 45.1 Å². The summed E-state index contributed by atoms with van der Waals surface area (Å²) in [6, 6.07) is 6.71. The summed E-state index contributed by atoms with van der Waals surface area (Å²) in [5, 5.41) is 4.40. The maximum Gasteiger partial charge on any atom is 0.344 e. The smallest absolute Gasteiger partial charge is 0.344 e. The van der Waals surface area contributed by atoms with E-state index in [1.54, 1.807) is 13.0 Å². The highest BCUT2D eigenvalue weighted by atomic mass is 16.3. The minimum Gasteiger partial charge on any atom is -0.451 e. The van der Waals surface area contributed by atoms with Crippen molar-refractivity contribution in [3.05, 3.63) is 35.6 Å². The minimum atomic E-state index is -0.889. The van der Waals surface area contributed by atoms with Gasteiger partial charge in [-0.1, -0.05) is 25.1 Å². The maximum atomic E-state index is 12.8. The number of nitrogens with one attached hydrogen (secondary N) is 2. The van der Waals surface area contributed by atoms with E-state index >= 15 is 0 Å².